The van der Waals surface area contributed by atoms with E-state index in [4.69, 9.17) is 21.9 Å². The number of carbonyl (C=O) groups excluding carboxylic acids is 1. The van der Waals surface area contributed by atoms with Gasteiger partial charge in [-0.3, -0.25) is 4.79 Å². The van der Waals surface area contributed by atoms with Crippen LogP contribution in [0.5, 0.6) is 0 Å². The molecule has 18 heavy (non-hydrogen) atoms. The van der Waals surface area contributed by atoms with Gasteiger partial charge < -0.3 is 15.6 Å². The van der Waals surface area contributed by atoms with Gasteiger partial charge in [-0.15, -0.1) is 0 Å². The molecule has 7 nitrogen and oxygen atoms in total. The summed E-state index contributed by atoms with van der Waals surface area (Å²) in [5.74, 6) is 0.571. The topological polar surface area (TPSA) is 107 Å². The van der Waals surface area contributed by atoms with Crippen molar-refractivity contribution in [3.05, 3.63) is 34.6 Å². The van der Waals surface area contributed by atoms with Crippen LogP contribution < -0.4 is 11.1 Å². The molecule has 0 bridgehead atoms. The lowest BCUT2D eigenvalue weighted by atomic mass is 10.3. The molecule has 0 aliphatic rings. The largest absolute Gasteiger partial charge is 0.384 e. The number of nitrogen functional groups attached to an aromatic ring is 1. The number of rotatable bonds is 3. The molecule has 0 saturated carbocycles. The SMILES string of the molecule is Cc1noc(CNC(=O)c2nc(N)ccc2Cl)n1. The number of nitrogens with one attached hydrogen (secondary N) is 1. The van der Waals surface area contributed by atoms with E-state index < -0.39 is 5.91 Å². The molecule has 0 fully saturated rings. The van der Waals surface area contributed by atoms with E-state index in [0.29, 0.717) is 11.7 Å². The Morgan fingerprint density at radius 3 is 2.94 bits per heavy atom. The number of halogens is 1. The molecule has 2 rings (SSSR count). The molecule has 1 amide bonds. The number of anilines is 1. The average molecular weight is 268 g/mol. The third-order valence-corrected chi connectivity index (χ3v) is 2.36. The fourth-order valence-electron chi connectivity index (χ4n) is 1.27. The number of hydrogen-bond acceptors (Lipinski definition) is 6. The van der Waals surface area contributed by atoms with Gasteiger partial charge in [-0.2, -0.15) is 4.98 Å². The van der Waals surface area contributed by atoms with Gasteiger partial charge in [-0.1, -0.05) is 16.8 Å². The van der Waals surface area contributed by atoms with Crippen molar-refractivity contribution < 1.29 is 9.32 Å². The summed E-state index contributed by atoms with van der Waals surface area (Å²) in [5.41, 5.74) is 5.55. The van der Waals surface area contributed by atoms with Gasteiger partial charge >= 0.3 is 0 Å². The Kier molecular flexibility index (Phi) is 3.42. The van der Waals surface area contributed by atoms with Crippen molar-refractivity contribution in [3.63, 3.8) is 0 Å². The summed E-state index contributed by atoms with van der Waals surface area (Å²) >= 11 is 5.85. The molecule has 0 aliphatic heterocycles. The summed E-state index contributed by atoms with van der Waals surface area (Å²) < 4.78 is 4.85. The second-order valence-corrected chi connectivity index (χ2v) is 3.89. The molecule has 0 aliphatic carbocycles. The molecule has 2 aromatic heterocycles. The van der Waals surface area contributed by atoms with Crippen LogP contribution in [0.4, 0.5) is 5.82 Å². The third-order valence-electron chi connectivity index (χ3n) is 2.05. The molecule has 0 radical (unpaired) electrons. The summed E-state index contributed by atoms with van der Waals surface area (Å²) in [7, 11) is 0. The van der Waals surface area contributed by atoms with E-state index in [1.54, 1.807) is 6.92 Å². The lowest BCUT2D eigenvalue weighted by molar-refractivity contribution is 0.0941. The highest BCUT2D eigenvalue weighted by atomic mass is 35.5. The van der Waals surface area contributed by atoms with Crippen LogP contribution in [0.3, 0.4) is 0 Å². The second kappa shape index (κ2) is 5.01. The first-order valence-corrected chi connectivity index (χ1v) is 5.43. The van der Waals surface area contributed by atoms with E-state index in [9.17, 15) is 4.79 Å². The summed E-state index contributed by atoms with van der Waals surface area (Å²) in [4.78, 5) is 19.6. The lowest BCUT2D eigenvalue weighted by Crippen LogP contribution is -2.24. The Morgan fingerprint density at radius 2 is 2.28 bits per heavy atom. The maximum Gasteiger partial charge on any atom is 0.271 e. The van der Waals surface area contributed by atoms with Crippen molar-refractivity contribution in [1.82, 2.24) is 20.4 Å². The van der Waals surface area contributed by atoms with Gasteiger partial charge in [0, 0.05) is 0 Å². The zero-order valence-electron chi connectivity index (χ0n) is 9.48. The molecule has 94 valence electrons. The summed E-state index contributed by atoms with van der Waals surface area (Å²) in [5, 5.41) is 6.38. The van der Waals surface area contributed by atoms with Crippen LogP contribution in [-0.2, 0) is 6.54 Å². The summed E-state index contributed by atoms with van der Waals surface area (Å²) in [6.45, 7) is 1.79. The molecule has 0 spiro atoms. The Bertz CT molecular complexity index is 583. The maximum atomic E-state index is 11.8. The molecule has 0 aromatic carbocycles. The monoisotopic (exact) mass is 267 g/mol. The van der Waals surface area contributed by atoms with Crippen molar-refractivity contribution in [2.24, 2.45) is 0 Å². The maximum absolute atomic E-state index is 11.8. The minimum atomic E-state index is -0.455. The highest BCUT2D eigenvalue weighted by Gasteiger charge is 2.13. The number of nitrogens with zero attached hydrogens (tertiary/aromatic N) is 3. The van der Waals surface area contributed by atoms with Gasteiger partial charge in [0.05, 0.1) is 11.6 Å². The highest BCUT2D eigenvalue weighted by molar-refractivity contribution is 6.33. The molecular weight excluding hydrogens is 258 g/mol. The van der Waals surface area contributed by atoms with Crippen LogP contribution in [0, 0.1) is 6.92 Å². The Hall–Kier alpha value is -2.15. The minimum Gasteiger partial charge on any atom is -0.384 e. The normalized spacial score (nSPS) is 10.3. The molecular formula is C10H10ClN5O2. The van der Waals surface area contributed by atoms with Gasteiger partial charge in [0.25, 0.3) is 5.91 Å². The van der Waals surface area contributed by atoms with Crippen LogP contribution in [-0.4, -0.2) is 21.0 Å². The van der Waals surface area contributed by atoms with Crippen LogP contribution in [0.1, 0.15) is 22.2 Å². The Morgan fingerprint density at radius 1 is 1.50 bits per heavy atom. The van der Waals surface area contributed by atoms with E-state index in [2.05, 4.69) is 20.4 Å². The smallest absolute Gasteiger partial charge is 0.271 e. The number of carbonyl (C=O) groups is 1. The minimum absolute atomic E-state index is 0.0629. The van der Waals surface area contributed by atoms with Gasteiger partial charge in [-0.25, -0.2) is 4.98 Å². The Labute approximate surface area is 107 Å². The lowest BCUT2D eigenvalue weighted by Gasteiger charge is -2.04. The zero-order valence-corrected chi connectivity index (χ0v) is 10.2. The number of aryl methyl sites for hydroxylation is 1. The first kappa shape index (κ1) is 12.3. The number of hydrogen-bond donors (Lipinski definition) is 2. The molecule has 0 unspecified atom stereocenters. The van der Waals surface area contributed by atoms with E-state index in [0.717, 1.165) is 0 Å². The molecule has 2 heterocycles. The number of aromatic nitrogens is 3. The van der Waals surface area contributed by atoms with Crippen LogP contribution in [0.15, 0.2) is 16.7 Å². The third kappa shape index (κ3) is 2.75. The summed E-state index contributed by atoms with van der Waals surface area (Å²) in [6, 6.07) is 3.02. The Balaban J connectivity index is 2.05. The van der Waals surface area contributed by atoms with E-state index in [1.165, 1.54) is 12.1 Å². The van der Waals surface area contributed by atoms with Crippen LogP contribution in [0.25, 0.3) is 0 Å². The number of nitrogens with two attached hydrogens (primary N) is 1. The van der Waals surface area contributed by atoms with Crippen LogP contribution in [0.2, 0.25) is 5.02 Å². The fraction of sp³-hybridized carbons (Fsp3) is 0.200. The molecule has 2 aromatic rings. The average Bonchev–Trinajstić information content (AvgIpc) is 2.75. The van der Waals surface area contributed by atoms with Gasteiger partial charge in [0.2, 0.25) is 5.89 Å². The predicted octanol–water partition coefficient (Wildman–Crippen LogP) is 0.939. The van der Waals surface area contributed by atoms with Crippen molar-refractivity contribution >= 4 is 23.3 Å². The molecule has 0 saturated heterocycles. The first-order chi connectivity index (χ1) is 8.56. The van der Waals surface area contributed by atoms with Crippen molar-refractivity contribution in [1.29, 1.82) is 0 Å². The van der Waals surface area contributed by atoms with Crippen molar-refractivity contribution in [2.75, 3.05) is 5.73 Å². The van der Waals surface area contributed by atoms with E-state index in [1.807, 2.05) is 0 Å². The quantitative estimate of drug-likeness (QED) is 0.857. The number of pyridine rings is 1. The predicted molar refractivity (Wildman–Crippen MR) is 63.9 cm³/mol. The summed E-state index contributed by atoms with van der Waals surface area (Å²) in [6.07, 6.45) is 0. The van der Waals surface area contributed by atoms with Crippen LogP contribution >= 0.6 is 11.6 Å². The van der Waals surface area contributed by atoms with Gasteiger partial charge in [-0.05, 0) is 19.1 Å². The zero-order chi connectivity index (χ0) is 13.1. The highest BCUT2D eigenvalue weighted by Crippen LogP contribution is 2.15. The van der Waals surface area contributed by atoms with Crippen molar-refractivity contribution in [2.45, 2.75) is 13.5 Å². The van der Waals surface area contributed by atoms with Gasteiger partial charge in [0.15, 0.2) is 5.82 Å². The van der Waals surface area contributed by atoms with Crippen molar-refractivity contribution in [3.8, 4) is 0 Å². The molecule has 3 N–H and O–H groups in total. The van der Waals surface area contributed by atoms with Gasteiger partial charge in [0.1, 0.15) is 11.5 Å². The van der Waals surface area contributed by atoms with E-state index >= 15 is 0 Å². The second-order valence-electron chi connectivity index (χ2n) is 3.48. The van der Waals surface area contributed by atoms with E-state index in [-0.39, 0.29) is 23.1 Å². The first-order valence-electron chi connectivity index (χ1n) is 5.05. The number of amides is 1. The fourth-order valence-corrected chi connectivity index (χ4v) is 1.46. The molecule has 8 heteroatoms. The standard InChI is InChI=1S/C10H10ClN5O2/c1-5-14-8(18-16-5)4-13-10(17)9-6(11)2-3-7(12)15-9/h2-3H,4H2,1H3,(H2,12,15)(H,13,17). The molecule has 0 atom stereocenters.